The molecule has 0 aliphatic rings. The lowest BCUT2D eigenvalue weighted by molar-refractivity contribution is -0.384. The predicted molar refractivity (Wildman–Crippen MR) is 82.2 cm³/mol. The third-order valence-corrected chi connectivity index (χ3v) is 2.84. The van der Waals surface area contributed by atoms with E-state index >= 15 is 0 Å². The second-order valence-corrected chi connectivity index (χ2v) is 4.51. The molecule has 8 nitrogen and oxygen atoms in total. The number of nitro benzene ring substituents is 1. The lowest BCUT2D eigenvalue weighted by atomic mass is 10.2. The highest BCUT2D eigenvalue weighted by Crippen LogP contribution is 2.21. The molecule has 2 rings (SSSR count). The Morgan fingerprint density at radius 2 is 1.78 bits per heavy atom. The molecule has 0 unspecified atom stereocenters. The van der Waals surface area contributed by atoms with Crippen molar-refractivity contribution in [2.45, 2.75) is 0 Å². The minimum atomic E-state index is -0.657. The Kier molecular flexibility index (Phi) is 4.88. The first-order valence-electron chi connectivity index (χ1n) is 6.53. The minimum Gasteiger partial charge on any atom is -0.483 e. The number of primary amides is 1. The van der Waals surface area contributed by atoms with Gasteiger partial charge in [0.05, 0.1) is 10.5 Å². The Morgan fingerprint density at radius 3 is 2.39 bits per heavy atom. The number of amides is 2. The fraction of sp³-hybridized carbons (Fsp3) is 0.0667. The summed E-state index contributed by atoms with van der Waals surface area (Å²) in [7, 11) is 0. The van der Waals surface area contributed by atoms with Crippen LogP contribution in [0.25, 0.3) is 0 Å². The molecule has 2 aromatic carbocycles. The maximum atomic E-state index is 12.3. The van der Waals surface area contributed by atoms with Crippen LogP contribution in [0.2, 0.25) is 0 Å². The number of non-ortho nitro benzene ring substituents is 1. The molecule has 2 aromatic rings. The van der Waals surface area contributed by atoms with Crippen LogP contribution in [0.15, 0.2) is 48.5 Å². The van der Waals surface area contributed by atoms with Gasteiger partial charge in [-0.15, -0.1) is 0 Å². The molecule has 3 N–H and O–H groups in total. The van der Waals surface area contributed by atoms with Gasteiger partial charge in [0, 0.05) is 17.8 Å². The van der Waals surface area contributed by atoms with E-state index in [1.165, 1.54) is 36.4 Å². The highest BCUT2D eigenvalue weighted by Gasteiger charge is 2.13. The summed E-state index contributed by atoms with van der Waals surface area (Å²) in [6.07, 6.45) is 0. The van der Waals surface area contributed by atoms with Gasteiger partial charge in [0.15, 0.2) is 6.61 Å². The molecule has 118 valence electrons. The molecule has 2 amide bonds. The highest BCUT2D eigenvalue weighted by atomic mass is 16.6. The number of nitro groups is 1. The number of ether oxygens (including phenoxy) is 1. The molecule has 0 radical (unpaired) electrons. The van der Waals surface area contributed by atoms with Crippen molar-refractivity contribution in [2.75, 3.05) is 11.9 Å². The summed E-state index contributed by atoms with van der Waals surface area (Å²) in [6.45, 7) is -0.345. The SMILES string of the molecule is NC(=O)COc1ccccc1C(=O)Nc1ccc([N+](=O)[O-])cc1. The zero-order valence-corrected chi connectivity index (χ0v) is 11.9. The maximum Gasteiger partial charge on any atom is 0.269 e. The number of hydrogen-bond donors (Lipinski definition) is 2. The van der Waals surface area contributed by atoms with E-state index in [9.17, 15) is 19.7 Å². The summed E-state index contributed by atoms with van der Waals surface area (Å²) in [4.78, 5) is 33.1. The number of hydrogen-bond acceptors (Lipinski definition) is 5. The number of carbonyl (C=O) groups excluding carboxylic acids is 2. The Labute approximate surface area is 131 Å². The minimum absolute atomic E-state index is 0.0757. The zero-order chi connectivity index (χ0) is 16.8. The van der Waals surface area contributed by atoms with Crippen LogP contribution in [0.5, 0.6) is 5.75 Å². The van der Waals surface area contributed by atoms with Crippen LogP contribution in [0.3, 0.4) is 0 Å². The topological polar surface area (TPSA) is 125 Å². The predicted octanol–water partition coefficient (Wildman–Crippen LogP) is 1.71. The van der Waals surface area contributed by atoms with Crippen LogP contribution >= 0.6 is 0 Å². The number of benzene rings is 2. The average Bonchev–Trinajstić information content (AvgIpc) is 2.53. The molecule has 0 bridgehead atoms. The van der Waals surface area contributed by atoms with E-state index < -0.39 is 16.7 Å². The molecule has 0 aliphatic heterocycles. The molecular formula is C15H13N3O5. The van der Waals surface area contributed by atoms with Crippen molar-refractivity contribution in [3.63, 3.8) is 0 Å². The first kappa shape index (κ1) is 16.0. The van der Waals surface area contributed by atoms with E-state index in [1.54, 1.807) is 12.1 Å². The van der Waals surface area contributed by atoms with Gasteiger partial charge in [-0.1, -0.05) is 12.1 Å². The van der Waals surface area contributed by atoms with Crippen molar-refractivity contribution in [2.24, 2.45) is 5.73 Å². The molecule has 0 atom stereocenters. The molecular weight excluding hydrogens is 302 g/mol. The van der Waals surface area contributed by atoms with Crippen LogP contribution in [-0.2, 0) is 4.79 Å². The first-order chi connectivity index (χ1) is 11.0. The number of nitrogens with one attached hydrogen (secondary N) is 1. The van der Waals surface area contributed by atoms with Gasteiger partial charge >= 0.3 is 0 Å². The van der Waals surface area contributed by atoms with Crippen LogP contribution in [0.4, 0.5) is 11.4 Å². The van der Waals surface area contributed by atoms with Crippen LogP contribution < -0.4 is 15.8 Å². The number of nitrogens with zero attached hydrogens (tertiary/aromatic N) is 1. The van der Waals surface area contributed by atoms with Crippen molar-refractivity contribution in [3.05, 3.63) is 64.2 Å². The molecule has 0 saturated heterocycles. The van der Waals surface area contributed by atoms with E-state index in [1.807, 2.05) is 0 Å². The highest BCUT2D eigenvalue weighted by molar-refractivity contribution is 6.06. The molecule has 8 heteroatoms. The van der Waals surface area contributed by atoms with Gasteiger partial charge in [-0.25, -0.2) is 0 Å². The number of para-hydroxylation sites is 1. The van der Waals surface area contributed by atoms with Gasteiger partial charge in [0.25, 0.3) is 17.5 Å². The summed E-state index contributed by atoms with van der Waals surface area (Å²) in [5.74, 6) is -0.916. The van der Waals surface area contributed by atoms with Crippen molar-refractivity contribution >= 4 is 23.2 Å². The summed E-state index contributed by atoms with van der Waals surface area (Å²) < 4.78 is 5.18. The van der Waals surface area contributed by atoms with Gasteiger partial charge in [-0.3, -0.25) is 19.7 Å². The van der Waals surface area contributed by atoms with Crippen LogP contribution in [-0.4, -0.2) is 23.3 Å². The largest absolute Gasteiger partial charge is 0.483 e. The smallest absolute Gasteiger partial charge is 0.269 e. The van der Waals surface area contributed by atoms with Crippen molar-refractivity contribution < 1.29 is 19.2 Å². The average molecular weight is 315 g/mol. The molecule has 0 saturated carbocycles. The van der Waals surface area contributed by atoms with E-state index in [0.717, 1.165) is 0 Å². The second-order valence-electron chi connectivity index (χ2n) is 4.51. The molecule has 0 spiro atoms. The zero-order valence-electron chi connectivity index (χ0n) is 11.9. The molecule has 0 fully saturated rings. The second kappa shape index (κ2) is 7.03. The maximum absolute atomic E-state index is 12.3. The fourth-order valence-corrected chi connectivity index (χ4v) is 1.79. The van der Waals surface area contributed by atoms with Gasteiger partial charge < -0.3 is 15.8 Å². The summed E-state index contributed by atoms with van der Waals surface area (Å²) in [6, 6.07) is 11.8. The molecule has 0 aromatic heterocycles. The third kappa shape index (κ3) is 4.27. The van der Waals surface area contributed by atoms with Crippen molar-refractivity contribution in [1.29, 1.82) is 0 Å². The Balaban J connectivity index is 2.14. The third-order valence-electron chi connectivity index (χ3n) is 2.84. The summed E-state index contributed by atoms with van der Waals surface area (Å²) in [5.41, 5.74) is 5.54. The van der Waals surface area contributed by atoms with Gasteiger partial charge in [0.2, 0.25) is 0 Å². The lowest BCUT2D eigenvalue weighted by Gasteiger charge is -2.10. The van der Waals surface area contributed by atoms with Gasteiger partial charge in [-0.2, -0.15) is 0 Å². The van der Waals surface area contributed by atoms with Crippen molar-refractivity contribution in [1.82, 2.24) is 0 Å². The number of nitrogens with two attached hydrogens (primary N) is 1. The summed E-state index contributed by atoms with van der Waals surface area (Å²) >= 11 is 0. The van der Waals surface area contributed by atoms with Crippen LogP contribution in [0, 0.1) is 10.1 Å². The Bertz CT molecular complexity index is 743. The molecule has 0 heterocycles. The van der Waals surface area contributed by atoms with E-state index in [-0.39, 0.29) is 23.6 Å². The Hall–Kier alpha value is -3.42. The molecule has 0 aliphatic carbocycles. The quantitative estimate of drug-likeness (QED) is 0.620. The molecule has 23 heavy (non-hydrogen) atoms. The summed E-state index contributed by atoms with van der Waals surface area (Å²) in [5, 5.41) is 13.2. The van der Waals surface area contributed by atoms with E-state index in [2.05, 4.69) is 5.32 Å². The van der Waals surface area contributed by atoms with Crippen LogP contribution in [0.1, 0.15) is 10.4 Å². The normalized spacial score (nSPS) is 9.91. The number of carbonyl (C=O) groups is 2. The van der Waals surface area contributed by atoms with E-state index in [0.29, 0.717) is 5.69 Å². The number of anilines is 1. The van der Waals surface area contributed by atoms with Gasteiger partial charge in [-0.05, 0) is 24.3 Å². The number of rotatable bonds is 6. The fourth-order valence-electron chi connectivity index (χ4n) is 1.79. The standard InChI is InChI=1S/C15H13N3O5/c16-14(19)9-23-13-4-2-1-3-12(13)15(20)17-10-5-7-11(8-6-10)18(21)22/h1-8H,9H2,(H2,16,19)(H,17,20). The van der Waals surface area contributed by atoms with E-state index in [4.69, 9.17) is 10.5 Å². The van der Waals surface area contributed by atoms with Gasteiger partial charge in [0.1, 0.15) is 5.75 Å². The van der Waals surface area contributed by atoms with Crippen molar-refractivity contribution in [3.8, 4) is 5.75 Å². The monoisotopic (exact) mass is 315 g/mol. The lowest BCUT2D eigenvalue weighted by Crippen LogP contribution is -2.21. The Morgan fingerprint density at radius 1 is 1.13 bits per heavy atom. The first-order valence-corrected chi connectivity index (χ1v) is 6.53.